The molecular formula is C19H23F2N5O2S. The number of benzene rings is 1. The molecule has 4 rings (SSSR count). The fraction of sp³-hybridized carbons (Fsp3) is 0.526. The van der Waals surface area contributed by atoms with Crippen molar-refractivity contribution >= 4 is 34.6 Å². The highest BCUT2D eigenvalue weighted by molar-refractivity contribution is 7.99. The summed E-state index contributed by atoms with van der Waals surface area (Å²) in [6.07, 6.45) is 2.12. The molecule has 1 saturated heterocycles. The van der Waals surface area contributed by atoms with E-state index in [2.05, 4.69) is 10.3 Å². The van der Waals surface area contributed by atoms with E-state index in [4.69, 9.17) is 0 Å². The minimum atomic E-state index is -2.61. The second-order valence-corrected chi connectivity index (χ2v) is 8.30. The van der Waals surface area contributed by atoms with Crippen molar-refractivity contribution in [2.75, 3.05) is 32.7 Å². The predicted molar refractivity (Wildman–Crippen MR) is 106 cm³/mol. The average molecular weight is 423 g/mol. The highest BCUT2D eigenvalue weighted by Crippen LogP contribution is 2.28. The highest BCUT2D eigenvalue weighted by Gasteiger charge is 2.27. The zero-order chi connectivity index (χ0) is 20.4. The lowest BCUT2D eigenvalue weighted by atomic mass is 10.3. The molecule has 2 aromatic rings. The number of nitrogens with zero attached hydrogens (tertiary/aromatic N) is 4. The maximum Gasteiger partial charge on any atom is 0.291 e. The number of amides is 2. The molecule has 1 aliphatic heterocycles. The van der Waals surface area contributed by atoms with Gasteiger partial charge < -0.3 is 14.8 Å². The van der Waals surface area contributed by atoms with E-state index in [-0.39, 0.29) is 23.5 Å². The number of rotatable bonds is 7. The largest absolute Gasteiger partial charge is 0.352 e. The standard InChI is InChI=1S/C19H23F2N5O2S/c20-18(21)29-19-23-14-3-1-2-4-15(14)26(19)12-17(28)25-9-7-24(8-10-25)11-16(27)22-13-5-6-13/h1-4,13,18H,5-12H2,(H,22,27). The van der Waals surface area contributed by atoms with E-state index in [0.29, 0.717) is 61.6 Å². The maximum atomic E-state index is 12.9. The molecule has 2 amide bonds. The van der Waals surface area contributed by atoms with E-state index < -0.39 is 5.76 Å². The number of thioether (sulfide) groups is 1. The lowest BCUT2D eigenvalue weighted by molar-refractivity contribution is -0.134. The number of hydrogen-bond donors (Lipinski definition) is 1. The maximum absolute atomic E-state index is 12.9. The van der Waals surface area contributed by atoms with Crippen LogP contribution in [-0.4, -0.2) is 75.7 Å². The number of carbonyl (C=O) groups excluding carboxylic acids is 2. The van der Waals surface area contributed by atoms with Gasteiger partial charge in [0.05, 0.1) is 17.6 Å². The van der Waals surface area contributed by atoms with Crippen molar-refractivity contribution in [3.8, 4) is 0 Å². The van der Waals surface area contributed by atoms with Crippen LogP contribution in [0.1, 0.15) is 12.8 Å². The number of halogens is 2. The Morgan fingerprint density at radius 1 is 1.14 bits per heavy atom. The smallest absolute Gasteiger partial charge is 0.291 e. The van der Waals surface area contributed by atoms with Gasteiger partial charge in [-0.1, -0.05) is 12.1 Å². The van der Waals surface area contributed by atoms with Crippen LogP contribution in [0.3, 0.4) is 0 Å². The van der Waals surface area contributed by atoms with Crippen LogP contribution in [0, 0.1) is 0 Å². The van der Waals surface area contributed by atoms with Gasteiger partial charge in [-0.25, -0.2) is 4.98 Å². The van der Waals surface area contributed by atoms with Crippen LogP contribution in [0.25, 0.3) is 11.0 Å². The monoisotopic (exact) mass is 423 g/mol. The van der Waals surface area contributed by atoms with E-state index in [9.17, 15) is 18.4 Å². The Morgan fingerprint density at radius 2 is 1.86 bits per heavy atom. The molecule has 1 aliphatic carbocycles. The third-order valence-electron chi connectivity index (χ3n) is 5.14. The third-order valence-corrected chi connectivity index (χ3v) is 5.84. The zero-order valence-electron chi connectivity index (χ0n) is 15.9. The number of alkyl halides is 2. The molecule has 1 aromatic carbocycles. The number of hydrogen-bond acceptors (Lipinski definition) is 5. The van der Waals surface area contributed by atoms with Crippen molar-refractivity contribution in [1.29, 1.82) is 0 Å². The molecule has 10 heteroatoms. The normalized spacial score (nSPS) is 17.8. The van der Waals surface area contributed by atoms with Crippen LogP contribution in [0.15, 0.2) is 29.4 Å². The van der Waals surface area contributed by atoms with E-state index in [1.165, 1.54) is 0 Å². The fourth-order valence-electron chi connectivity index (χ4n) is 3.47. The molecular weight excluding hydrogens is 400 g/mol. The summed E-state index contributed by atoms with van der Waals surface area (Å²) in [5.74, 6) is -2.71. The van der Waals surface area contributed by atoms with E-state index in [0.717, 1.165) is 12.8 Å². The van der Waals surface area contributed by atoms with Gasteiger partial charge in [-0.05, 0) is 36.7 Å². The van der Waals surface area contributed by atoms with Gasteiger partial charge in [0.2, 0.25) is 11.8 Å². The van der Waals surface area contributed by atoms with Crippen LogP contribution in [0.5, 0.6) is 0 Å². The molecule has 1 saturated carbocycles. The van der Waals surface area contributed by atoms with Crippen molar-refractivity contribution < 1.29 is 18.4 Å². The Balaban J connectivity index is 1.36. The topological polar surface area (TPSA) is 70.5 Å². The molecule has 0 atom stereocenters. The minimum absolute atomic E-state index is 0.0300. The molecule has 0 unspecified atom stereocenters. The SMILES string of the molecule is O=C(CN1CCN(C(=O)Cn2c(SC(F)F)nc3ccccc32)CC1)NC1CC1. The molecule has 1 N–H and O–H groups in total. The first-order chi connectivity index (χ1) is 14.0. The average Bonchev–Trinajstić information content (AvgIpc) is 3.44. The highest BCUT2D eigenvalue weighted by atomic mass is 32.2. The van der Waals surface area contributed by atoms with Crippen molar-refractivity contribution in [3.05, 3.63) is 24.3 Å². The first kappa shape index (κ1) is 20.1. The summed E-state index contributed by atoms with van der Waals surface area (Å²) in [7, 11) is 0. The first-order valence-corrected chi connectivity index (χ1v) is 10.6. The molecule has 2 aliphatic rings. The number of carbonyl (C=O) groups is 2. The number of aromatic nitrogens is 2. The van der Waals surface area contributed by atoms with Crippen LogP contribution in [0.4, 0.5) is 8.78 Å². The Hall–Kier alpha value is -2.20. The summed E-state index contributed by atoms with van der Waals surface area (Å²) in [5.41, 5.74) is 1.26. The van der Waals surface area contributed by atoms with Gasteiger partial charge in [-0.2, -0.15) is 8.78 Å². The summed E-state index contributed by atoms with van der Waals surface area (Å²) < 4.78 is 27.4. The number of para-hydroxylation sites is 2. The van der Waals surface area contributed by atoms with Crippen molar-refractivity contribution in [3.63, 3.8) is 0 Å². The molecule has 2 fully saturated rings. The lowest BCUT2D eigenvalue weighted by Gasteiger charge is -2.34. The second kappa shape index (κ2) is 8.66. The number of fused-ring (bicyclic) bond motifs is 1. The Kier molecular flexibility index (Phi) is 6.00. The van der Waals surface area contributed by atoms with Gasteiger partial charge in [0.25, 0.3) is 5.76 Å². The predicted octanol–water partition coefficient (Wildman–Crippen LogP) is 1.77. The van der Waals surface area contributed by atoms with Gasteiger partial charge in [-0.15, -0.1) is 0 Å². The molecule has 2 heterocycles. The second-order valence-electron chi connectivity index (χ2n) is 7.35. The Labute approximate surface area is 171 Å². The molecule has 7 nitrogen and oxygen atoms in total. The van der Waals surface area contributed by atoms with E-state index >= 15 is 0 Å². The van der Waals surface area contributed by atoms with Gasteiger partial charge in [0.1, 0.15) is 6.54 Å². The van der Waals surface area contributed by atoms with Crippen LogP contribution in [-0.2, 0) is 16.1 Å². The quantitative estimate of drug-likeness (QED) is 0.688. The van der Waals surface area contributed by atoms with Crippen molar-refractivity contribution in [1.82, 2.24) is 24.7 Å². The van der Waals surface area contributed by atoms with Crippen molar-refractivity contribution in [2.24, 2.45) is 0 Å². The Bertz CT molecular complexity index is 894. The molecule has 0 bridgehead atoms. The van der Waals surface area contributed by atoms with Crippen molar-refractivity contribution in [2.45, 2.75) is 36.3 Å². The fourth-order valence-corrected chi connectivity index (χ4v) is 4.07. The van der Waals surface area contributed by atoms with E-state index in [1.807, 2.05) is 4.90 Å². The first-order valence-electron chi connectivity index (χ1n) is 9.69. The summed E-state index contributed by atoms with van der Waals surface area (Å²) in [5, 5.41) is 3.11. The number of nitrogens with one attached hydrogen (secondary N) is 1. The number of imidazole rings is 1. The van der Waals surface area contributed by atoms with E-state index in [1.54, 1.807) is 33.7 Å². The summed E-state index contributed by atoms with van der Waals surface area (Å²) in [4.78, 5) is 32.7. The van der Waals surface area contributed by atoms with Crippen LogP contribution >= 0.6 is 11.8 Å². The molecule has 0 spiro atoms. The molecule has 29 heavy (non-hydrogen) atoms. The van der Waals surface area contributed by atoms with Crippen LogP contribution < -0.4 is 5.32 Å². The molecule has 1 aromatic heterocycles. The summed E-state index contributed by atoms with van der Waals surface area (Å²) in [6, 6.07) is 7.46. The minimum Gasteiger partial charge on any atom is -0.352 e. The van der Waals surface area contributed by atoms with Gasteiger partial charge in [0, 0.05) is 32.2 Å². The number of piperazine rings is 1. The van der Waals surface area contributed by atoms with Gasteiger partial charge in [0.15, 0.2) is 5.16 Å². The molecule has 156 valence electrons. The third kappa shape index (κ3) is 5.05. The lowest BCUT2D eigenvalue weighted by Crippen LogP contribution is -2.51. The summed E-state index contributed by atoms with van der Waals surface area (Å²) >= 11 is 0.352. The van der Waals surface area contributed by atoms with Gasteiger partial charge >= 0.3 is 0 Å². The van der Waals surface area contributed by atoms with Crippen LogP contribution in [0.2, 0.25) is 0 Å². The van der Waals surface area contributed by atoms with Gasteiger partial charge in [-0.3, -0.25) is 14.5 Å². The zero-order valence-corrected chi connectivity index (χ0v) is 16.7. The Morgan fingerprint density at radius 3 is 2.55 bits per heavy atom. The summed E-state index contributed by atoms with van der Waals surface area (Å²) in [6.45, 7) is 2.58. The molecule has 0 radical (unpaired) electrons.